The van der Waals surface area contributed by atoms with Gasteiger partial charge in [-0.2, -0.15) is 10.1 Å². The van der Waals surface area contributed by atoms with E-state index in [1.807, 2.05) is 0 Å². The Balaban J connectivity index is 1.88. The molecule has 0 spiro atoms. The van der Waals surface area contributed by atoms with Crippen molar-refractivity contribution in [1.82, 2.24) is 14.8 Å². The molecule has 0 bridgehead atoms. The molecule has 22 heavy (non-hydrogen) atoms. The average molecular weight is 301 g/mol. The molecule has 1 aliphatic rings. The summed E-state index contributed by atoms with van der Waals surface area (Å²) >= 11 is 0. The maximum atomic E-state index is 12.5. The second-order valence-corrected chi connectivity index (χ2v) is 4.88. The first-order valence-corrected chi connectivity index (χ1v) is 6.75. The highest BCUT2D eigenvalue weighted by Gasteiger charge is 2.32. The first-order valence-electron chi connectivity index (χ1n) is 6.75. The monoisotopic (exact) mass is 301 g/mol. The number of methoxy groups -OCH3 is 1. The summed E-state index contributed by atoms with van der Waals surface area (Å²) < 4.78 is 6.63. The van der Waals surface area contributed by atoms with E-state index in [1.54, 1.807) is 31.2 Å². The van der Waals surface area contributed by atoms with Gasteiger partial charge in [-0.25, -0.2) is 4.68 Å². The van der Waals surface area contributed by atoms with Crippen molar-refractivity contribution in [3.05, 3.63) is 30.1 Å². The van der Waals surface area contributed by atoms with Crippen molar-refractivity contribution in [3.8, 4) is 5.75 Å². The van der Waals surface area contributed by atoms with Gasteiger partial charge in [0.05, 0.1) is 19.2 Å². The predicted molar refractivity (Wildman–Crippen MR) is 78.7 cm³/mol. The summed E-state index contributed by atoms with van der Waals surface area (Å²) in [6.07, 6.45) is 0.0107. The molecule has 1 atom stereocenters. The highest BCUT2D eigenvalue weighted by molar-refractivity contribution is 6.01. The lowest BCUT2D eigenvalue weighted by atomic mass is 10.1. The Morgan fingerprint density at radius 2 is 2.23 bits per heavy atom. The number of para-hydroxylation sites is 2. The summed E-state index contributed by atoms with van der Waals surface area (Å²) in [5, 5.41) is 9.54. The number of aromatic nitrogens is 3. The Morgan fingerprint density at radius 1 is 1.45 bits per heavy atom. The first kappa shape index (κ1) is 14.1. The smallest absolute Gasteiger partial charge is 0.250 e. The van der Waals surface area contributed by atoms with Crippen LogP contribution >= 0.6 is 0 Å². The lowest BCUT2D eigenvalue weighted by Crippen LogP contribution is -2.36. The number of benzene rings is 1. The second kappa shape index (κ2) is 5.47. The van der Waals surface area contributed by atoms with Crippen LogP contribution in [0.25, 0.3) is 0 Å². The van der Waals surface area contributed by atoms with E-state index < -0.39 is 6.04 Å². The van der Waals surface area contributed by atoms with Gasteiger partial charge in [0.15, 0.2) is 0 Å². The van der Waals surface area contributed by atoms with Crippen LogP contribution in [0.5, 0.6) is 5.75 Å². The van der Waals surface area contributed by atoms with Crippen molar-refractivity contribution in [3.63, 3.8) is 0 Å². The van der Waals surface area contributed by atoms with E-state index >= 15 is 0 Å². The SMILES string of the molecule is COc1ccccc1NC(=O)[C@@H]1CC(=O)Nc2nc(C)nn21. The molecule has 114 valence electrons. The number of nitrogens with one attached hydrogen (secondary N) is 2. The van der Waals surface area contributed by atoms with Gasteiger partial charge >= 0.3 is 0 Å². The maximum absolute atomic E-state index is 12.5. The summed E-state index contributed by atoms with van der Waals surface area (Å²) in [5.41, 5.74) is 0.541. The number of hydrogen-bond donors (Lipinski definition) is 2. The Kier molecular flexibility index (Phi) is 3.50. The van der Waals surface area contributed by atoms with E-state index in [2.05, 4.69) is 20.7 Å². The minimum atomic E-state index is -0.741. The van der Waals surface area contributed by atoms with Gasteiger partial charge in [-0.15, -0.1) is 0 Å². The largest absolute Gasteiger partial charge is 0.495 e. The quantitative estimate of drug-likeness (QED) is 0.885. The zero-order valence-electron chi connectivity index (χ0n) is 12.2. The molecule has 0 saturated heterocycles. The Labute approximate surface area is 126 Å². The van der Waals surface area contributed by atoms with Gasteiger partial charge in [-0.1, -0.05) is 12.1 Å². The normalized spacial score (nSPS) is 16.6. The molecule has 0 radical (unpaired) electrons. The number of carbonyl (C=O) groups is 2. The first-order chi connectivity index (χ1) is 10.6. The summed E-state index contributed by atoms with van der Waals surface area (Å²) in [7, 11) is 1.53. The fraction of sp³-hybridized carbons (Fsp3) is 0.286. The number of aryl methyl sites for hydroxylation is 1. The lowest BCUT2D eigenvalue weighted by Gasteiger charge is -2.22. The molecule has 1 aromatic carbocycles. The third kappa shape index (κ3) is 2.50. The highest BCUT2D eigenvalue weighted by atomic mass is 16.5. The molecule has 2 heterocycles. The number of anilines is 2. The molecule has 0 unspecified atom stereocenters. The topological polar surface area (TPSA) is 98.1 Å². The third-order valence-electron chi connectivity index (χ3n) is 3.33. The summed E-state index contributed by atoms with van der Waals surface area (Å²) in [6, 6.07) is 6.33. The predicted octanol–water partition coefficient (Wildman–Crippen LogP) is 1.12. The van der Waals surface area contributed by atoms with Crippen molar-refractivity contribution in [2.24, 2.45) is 0 Å². The molecule has 0 aliphatic carbocycles. The molecule has 0 fully saturated rings. The van der Waals surface area contributed by atoms with E-state index in [0.29, 0.717) is 17.3 Å². The molecule has 8 heteroatoms. The van der Waals surface area contributed by atoms with Crippen molar-refractivity contribution in [2.45, 2.75) is 19.4 Å². The van der Waals surface area contributed by atoms with Crippen molar-refractivity contribution in [1.29, 1.82) is 0 Å². The van der Waals surface area contributed by atoms with Gasteiger partial charge in [0.25, 0.3) is 0 Å². The highest BCUT2D eigenvalue weighted by Crippen LogP contribution is 2.27. The van der Waals surface area contributed by atoms with Gasteiger partial charge in [0, 0.05) is 0 Å². The average Bonchev–Trinajstić information content (AvgIpc) is 2.86. The number of ether oxygens (including phenoxy) is 1. The molecule has 2 aromatic rings. The van der Waals surface area contributed by atoms with Gasteiger partial charge < -0.3 is 10.1 Å². The molecule has 8 nitrogen and oxygen atoms in total. The minimum Gasteiger partial charge on any atom is -0.495 e. The van der Waals surface area contributed by atoms with E-state index in [-0.39, 0.29) is 24.2 Å². The molecule has 2 N–H and O–H groups in total. The molecular formula is C14H15N5O3. The number of fused-ring (bicyclic) bond motifs is 1. The maximum Gasteiger partial charge on any atom is 0.250 e. The number of rotatable bonds is 3. The molecule has 3 rings (SSSR count). The molecule has 2 amide bonds. The van der Waals surface area contributed by atoms with Crippen molar-refractivity contribution < 1.29 is 14.3 Å². The fourth-order valence-electron chi connectivity index (χ4n) is 2.34. The van der Waals surface area contributed by atoms with Gasteiger partial charge in [0.1, 0.15) is 17.6 Å². The number of amides is 2. The van der Waals surface area contributed by atoms with E-state index in [4.69, 9.17) is 4.74 Å². The van der Waals surface area contributed by atoms with Gasteiger partial charge in [-0.3, -0.25) is 14.9 Å². The summed E-state index contributed by atoms with van der Waals surface area (Å²) in [5.74, 6) is 0.720. The minimum absolute atomic E-state index is 0.0107. The second-order valence-electron chi connectivity index (χ2n) is 4.88. The Morgan fingerprint density at radius 3 is 3.00 bits per heavy atom. The van der Waals surface area contributed by atoms with Crippen LogP contribution in [0.2, 0.25) is 0 Å². The van der Waals surface area contributed by atoms with Crippen LogP contribution in [0.1, 0.15) is 18.3 Å². The van der Waals surface area contributed by atoms with E-state index in [1.165, 1.54) is 11.8 Å². The summed E-state index contributed by atoms with van der Waals surface area (Å²) in [4.78, 5) is 28.3. The van der Waals surface area contributed by atoms with Gasteiger partial charge in [0.2, 0.25) is 17.8 Å². The molecule has 1 aliphatic heterocycles. The number of carbonyl (C=O) groups excluding carboxylic acids is 2. The third-order valence-corrected chi connectivity index (χ3v) is 3.33. The number of hydrogen-bond acceptors (Lipinski definition) is 5. The van der Waals surface area contributed by atoms with E-state index in [0.717, 1.165) is 0 Å². The van der Waals surface area contributed by atoms with Crippen LogP contribution in [0, 0.1) is 6.92 Å². The Hall–Kier alpha value is -2.90. The zero-order valence-corrected chi connectivity index (χ0v) is 12.2. The van der Waals surface area contributed by atoms with Gasteiger partial charge in [-0.05, 0) is 19.1 Å². The van der Waals surface area contributed by atoms with Crippen LogP contribution in [0.15, 0.2) is 24.3 Å². The van der Waals surface area contributed by atoms with Crippen molar-refractivity contribution in [2.75, 3.05) is 17.7 Å². The van der Waals surface area contributed by atoms with Crippen LogP contribution in [-0.4, -0.2) is 33.7 Å². The van der Waals surface area contributed by atoms with Crippen molar-refractivity contribution >= 4 is 23.5 Å². The summed E-state index contributed by atoms with van der Waals surface area (Å²) in [6.45, 7) is 1.70. The van der Waals surface area contributed by atoms with Crippen LogP contribution in [0.4, 0.5) is 11.6 Å². The zero-order chi connectivity index (χ0) is 15.7. The fourth-order valence-corrected chi connectivity index (χ4v) is 2.34. The molecule has 0 saturated carbocycles. The standard InChI is InChI=1S/C14H15N5O3/c1-8-15-14-17-12(20)7-10(19(14)18-8)13(21)16-9-5-3-4-6-11(9)22-2/h3-6,10H,7H2,1-2H3,(H,16,21)(H,15,17,18,20)/t10-/m0/s1. The van der Waals surface area contributed by atoms with Crippen LogP contribution < -0.4 is 15.4 Å². The molecule has 1 aromatic heterocycles. The molecular weight excluding hydrogens is 286 g/mol. The van der Waals surface area contributed by atoms with Crippen LogP contribution in [-0.2, 0) is 9.59 Å². The Bertz CT molecular complexity index is 740. The van der Waals surface area contributed by atoms with Crippen LogP contribution in [0.3, 0.4) is 0 Å². The number of nitrogens with zero attached hydrogens (tertiary/aromatic N) is 3. The van der Waals surface area contributed by atoms with E-state index in [9.17, 15) is 9.59 Å². The lowest BCUT2D eigenvalue weighted by molar-refractivity contribution is -0.125.